The number of nitrogens with zero attached hydrogens (tertiary/aromatic N) is 5. The van der Waals surface area contributed by atoms with E-state index in [4.69, 9.17) is 4.74 Å². The van der Waals surface area contributed by atoms with E-state index in [9.17, 15) is 19.1 Å². The number of carboxylic acid groups (broad SMARTS) is 1. The number of H-pyrrole nitrogens is 1. The van der Waals surface area contributed by atoms with Gasteiger partial charge in [-0.05, 0) is 19.5 Å². The molecule has 1 fully saturated rings. The van der Waals surface area contributed by atoms with Crippen molar-refractivity contribution in [3.05, 3.63) is 58.1 Å². The molecule has 11 nitrogen and oxygen atoms in total. The average molecular weight is 592 g/mol. The Kier molecular flexibility index (Phi) is 7.22. The van der Waals surface area contributed by atoms with Crippen LogP contribution in [-0.2, 0) is 11.8 Å². The summed E-state index contributed by atoms with van der Waals surface area (Å²) in [4.78, 5) is 41.5. The van der Waals surface area contributed by atoms with E-state index in [-0.39, 0.29) is 22.4 Å². The molecule has 3 N–H and O–H groups in total. The second-order valence-corrected chi connectivity index (χ2v) is 10.8. The van der Waals surface area contributed by atoms with Gasteiger partial charge in [-0.1, -0.05) is 0 Å². The van der Waals surface area contributed by atoms with Crippen LogP contribution in [0.25, 0.3) is 44.1 Å². The van der Waals surface area contributed by atoms with Gasteiger partial charge in [0.05, 0.1) is 39.7 Å². The van der Waals surface area contributed by atoms with Gasteiger partial charge in [0.1, 0.15) is 16.9 Å². The minimum Gasteiger partial charge on any atom is -0.477 e. The normalized spacial score (nSPS) is 15.4. The summed E-state index contributed by atoms with van der Waals surface area (Å²) in [5.41, 5.74) is 2.09. The number of methoxy groups -OCH3 is 1. The molecule has 1 aliphatic heterocycles. The first-order valence-corrected chi connectivity index (χ1v) is 13.8. The van der Waals surface area contributed by atoms with Crippen molar-refractivity contribution in [2.75, 3.05) is 57.7 Å². The summed E-state index contributed by atoms with van der Waals surface area (Å²) in [6.07, 6.45) is 5.27. The van der Waals surface area contributed by atoms with Gasteiger partial charge in [-0.2, -0.15) is 0 Å². The standard InChI is InChI=1S/C30H31F2N7O4/c1-33-21-10-20(31)24(32)22-23-26(39-6-5-16(13-39)37(2)7-8-43-4)18(12-34-28(23)36-25(21)22)15-9-17-27(40)19(30(41)42)14-38(3)29(17)35-11-15/h9-12,14,16,33H,5-8,13H2,1-4H3,(H,34,36)(H,41,42)/t16-/m0/s1. The number of benzene rings is 1. The predicted octanol–water partition coefficient (Wildman–Crippen LogP) is 3.81. The summed E-state index contributed by atoms with van der Waals surface area (Å²) in [7, 11) is 6.93. The SMILES string of the molecule is CNc1cc(F)c(F)c2c1[nH]c1ncc(-c3cnc4c(c3)c(=O)c(C(=O)O)cn4C)c(N3CC[C@H](N(C)CCOC)C3)c12. The van der Waals surface area contributed by atoms with Crippen molar-refractivity contribution in [3.63, 3.8) is 0 Å². The van der Waals surface area contributed by atoms with Crippen LogP contribution in [-0.4, -0.2) is 89.0 Å². The minimum atomic E-state index is -1.34. The average Bonchev–Trinajstić information content (AvgIpc) is 3.64. The molecule has 0 radical (unpaired) electrons. The van der Waals surface area contributed by atoms with E-state index >= 15 is 4.39 Å². The molecule has 4 aromatic heterocycles. The van der Waals surface area contributed by atoms with Gasteiger partial charge in [-0.15, -0.1) is 0 Å². The van der Waals surface area contributed by atoms with Gasteiger partial charge in [0, 0.05) is 82.7 Å². The molecule has 0 unspecified atom stereocenters. The van der Waals surface area contributed by atoms with Crippen LogP contribution in [0.15, 0.2) is 35.5 Å². The number of hydrogen-bond acceptors (Lipinski definition) is 8. The summed E-state index contributed by atoms with van der Waals surface area (Å²) in [5.74, 6) is -3.33. The van der Waals surface area contributed by atoms with Crippen molar-refractivity contribution in [3.8, 4) is 11.1 Å². The number of halogens is 2. The highest BCUT2D eigenvalue weighted by atomic mass is 19.2. The van der Waals surface area contributed by atoms with Crippen molar-refractivity contribution in [2.24, 2.45) is 7.05 Å². The predicted molar refractivity (Wildman–Crippen MR) is 161 cm³/mol. The maximum atomic E-state index is 15.6. The molecule has 6 rings (SSSR count). The smallest absolute Gasteiger partial charge is 0.341 e. The zero-order valence-corrected chi connectivity index (χ0v) is 24.2. The number of aromatic amines is 1. The zero-order valence-electron chi connectivity index (χ0n) is 24.2. The molecule has 5 heterocycles. The van der Waals surface area contributed by atoms with E-state index in [0.717, 1.165) is 19.0 Å². The van der Waals surface area contributed by atoms with E-state index in [1.54, 1.807) is 39.7 Å². The number of carboxylic acids is 1. The molecule has 0 aliphatic carbocycles. The minimum absolute atomic E-state index is 0.0673. The number of hydrogen-bond donors (Lipinski definition) is 3. The van der Waals surface area contributed by atoms with Crippen LogP contribution in [0.3, 0.4) is 0 Å². The summed E-state index contributed by atoms with van der Waals surface area (Å²) in [6.45, 7) is 2.53. The third kappa shape index (κ3) is 4.64. The maximum absolute atomic E-state index is 15.6. The van der Waals surface area contributed by atoms with Crippen molar-refractivity contribution >= 4 is 50.3 Å². The molecular formula is C30H31F2N7O4. The summed E-state index contributed by atoms with van der Waals surface area (Å²) < 4.78 is 37.3. The Labute approximate surface area is 244 Å². The number of carbonyl (C=O) groups is 1. The van der Waals surface area contributed by atoms with Crippen LogP contribution in [0.2, 0.25) is 0 Å². The fourth-order valence-electron chi connectivity index (χ4n) is 6.07. The zero-order chi connectivity index (χ0) is 30.6. The highest BCUT2D eigenvalue weighted by Crippen LogP contribution is 2.44. The molecule has 1 saturated heterocycles. The number of rotatable bonds is 8. The maximum Gasteiger partial charge on any atom is 0.341 e. The number of likely N-dealkylation sites (N-methyl/N-ethyl adjacent to an activating group) is 1. The highest BCUT2D eigenvalue weighted by molar-refractivity contribution is 6.18. The number of fused-ring (bicyclic) bond motifs is 4. The Morgan fingerprint density at radius 3 is 2.77 bits per heavy atom. The second kappa shape index (κ2) is 10.9. The number of aryl methyl sites for hydroxylation is 1. The van der Waals surface area contributed by atoms with E-state index in [1.807, 2.05) is 7.05 Å². The first kappa shape index (κ1) is 28.5. The lowest BCUT2D eigenvalue weighted by atomic mass is 10.0. The molecule has 5 aromatic rings. The summed E-state index contributed by atoms with van der Waals surface area (Å²) in [6, 6.07) is 2.87. The highest BCUT2D eigenvalue weighted by Gasteiger charge is 2.31. The number of aromatic nitrogens is 4. The van der Waals surface area contributed by atoms with Gasteiger partial charge in [-0.3, -0.25) is 9.69 Å². The quantitative estimate of drug-likeness (QED) is 0.247. The van der Waals surface area contributed by atoms with Gasteiger partial charge in [-0.25, -0.2) is 23.5 Å². The van der Waals surface area contributed by atoms with E-state index in [0.29, 0.717) is 64.4 Å². The van der Waals surface area contributed by atoms with Crippen molar-refractivity contribution in [2.45, 2.75) is 12.5 Å². The topological polar surface area (TPSA) is 129 Å². The number of nitrogens with one attached hydrogen (secondary N) is 2. The lowest BCUT2D eigenvalue weighted by Crippen LogP contribution is -2.36. The van der Waals surface area contributed by atoms with Crippen molar-refractivity contribution in [1.29, 1.82) is 0 Å². The first-order valence-electron chi connectivity index (χ1n) is 13.8. The molecule has 1 aliphatic rings. The number of ether oxygens (including phenoxy) is 1. The third-order valence-corrected chi connectivity index (χ3v) is 8.34. The largest absolute Gasteiger partial charge is 0.477 e. The Balaban J connectivity index is 1.63. The van der Waals surface area contributed by atoms with Crippen LogP contribution in [0.5, 0.6) is 0 Å². The Morgan fingerprint density at radius 2 is 2.05 bits per heavy atom. The fourth-order valence-corrected chi connectivity index (χ4v) is 6.07. The summed E-state index contributed by atoms with van der Waals surface area (Å²) >= 11 is 0. The van der Waals surface area contributed by atoms with Crippen LogP contribution in [0.4, 0.5) is 20.2 Å². The molecule has 0 bridgehead atoms. The van der Waals surface area contributed by atoms with E-state index in [1.165, 1.54) is 10.8 Å². The molecule has 0 saturated carbocycles. The Hall–Kier alpha value is -4.62. The lowest BCUT2D eigenvalue weighted by molar-refractivity contribution is 0.0695. The molecule has 1 aromatic carbocycles. The van der Waals surface area contributed by atoms with Gasteiger partial charge in [0.15, 0.2) is 11.6 Å². The van der Waals surface area contributed by atoms with Gasteiger partial charge in [0.25, 0.3) is 0 Å². The number of anilines is 2. The van der Waals surface area contributed by atoms with Crippen LogP contribution in [0.1, 0.15) is 16.8 Å². The van der Waals surface area contributed by atoms with Gasteiger partial charge >= 0.3 is 5.97 Å². The monoisotopic (exact) mass is 591 g/mol. The lowest BCUT2D eigenvalue weighted by Gasteiger charge is -2.27. The summed E-state index contributed by atoms with van der Waals surface area (Å²) in [5, 5.41) is 13.1. The van der Waals surface area contributed by atoms with E-state index < -0.39 is 23.0 Å². The number of aromatic carboxylic acids is 1. The molecule has 43 heavy (non-hydrogen) atoms. The molecule has 0 amide bonds. The molecule has 1 atom stereocenters. The van der Waals surface area contributed by atoms with Crippen molar-refractivity contribution in [1.82, 2.24) is 24.4 Å². The van der Waals surface area contributed by atoms with Gasteiger partial charge < -0.3 is 29.6 Å². The Bertz CT molecular complexity index is 1970. The van der Waals surface area contributed by atoms with Crippen molar-refractivity contribution < 1.29 is 23.4 Å². The first-order chi connectivity index (χ1) is 20.6. The molecule has 13 heteroatoms. The van der Waals surface area contributed by atoms with Crippen LogP contribution < -0.4 is 15.6 Å². The molecule has 224 valence electrons. The molecular weight excluding hydrogens is 560 g/mol. The molecule has 0 spiro atoms. The number of pyridine rings is 3. The fraction of sp³-hybridized carbons (Fsp3) is 0.333. The Morgan fingerprint density at radius 1 is 1.26 bits per heavy atom. The van der Waals surface area contributed by atoms with Crippen LogP contribution in [0, 0.1) is 11.6 Å². The third-order valence-electron chi connectivity index (χ3n) is 8.34. The van der Waals surface area contributed by atoms with E-state index in [2.05, 4.69) is 30.1 Å². The second-order valence-electron chi connectivity index (χ2n) is 10.8. The van der Waals surface area contributed by atoms with Gasteiger partial charge in [0.2, 0.25) is 5.43 Å². The van der Waals surface area contributed by atoms with Crippen LogP contribution >= 0.6 is 0 Å².